The summed E-state index contributed by atoms with van der Waals surface area (Å²) in [6, 6.07) is 19.3. The Hall–Kier alpha value is -4.11. The first-order valence-corrected chi connectivity index (χ1v) is 10.3. The number of hydrogen-bond acceptors (Lipinski definition) is 6. The van der Waals surface area contributed by atoms with Crippen molar-refractivity contribution in [3.63, 3.8) is 0 Å². The predicted molar refractivity (Wildman–Crippen MR) is 121 cm³/mol. The monoisotopic (exact) mass is 449 g/mol. The lowest BCUT2D eigenvalue weighted by molar-refractivity contribution is -0.384. The van der Waals surface area contributed by atoms with Crippen LogP contribution in [0, 0.1) is 15.9 Å². The molecule has 0 aliphatic rings. The van der Waals surface area contributed by atoms with E-state index in [1.54, 1.807) is 48.5 Å². The molecule has 1 heterocycles. The summed E-state index contributed by atoms with van der Waals surface area (Å²) in [7, 11) is 0. The van der Waals surface area contributed by atoms with Gasteiger partial charge >= 0.3 is 0 Å². The zero-order valence-corrected chi connectivity index (χ0v) is 17.3. The minimum absolute atomic E-state index is 0.0323. The van der Waals surface area contributed by atoms with E-state index in [-0.39, 0.29) is 18.1 Å². The number of carbonyl (C=O) groups excluding carboxylic acids is 1. The Bertz CT molecular complexity index is 1340. The lowest BCUT2D eigenvalue weighted by Gasteiger charge is -2.09. The number of hydrogen-bond donors (Lipinski definition) is 1. The summed E-state index contributed by atoms with van der Waals surface area (Å²) in [5.41, 5.74) is 3.75. The van der Waals surface area contributed by atoms with Crippen molar-refractivity contribution in [1.29, 1.82) is 0 Å². The number of thiophene rings is 1. The normalized spacial score (nSPS) is 11.0. The minimum atomic E-state index is -0.477. The largest absolute Gasteiger partial charge is 0.488 e. The number of nitrogens with one attached hydrogen (secondary N) is 1. The quantitative estimate of drug-likeness (QED) is 0.236. The Kier molecular flexibility index (Phi) is 6.18. The number of fused-ring (bicyclic) bond motifs is 1. The summed E-state index contributed by atoms with van der Waals surface area (Å²) >= 11 is 1.22. The predicted octanol–water partition coefficient (Wildman–Crippen LogP) is 5.29. The molecule has 0 saturated heterocycles. The molecule has 4 aromatic rings. The number of carbonyl (C=O) groups is 1. The van der Waals surface area contributed by atoms with Gasteiger partial charge in [-0.15, -0.1) is 11.3 Å². The summed E-state index contributed by atoms with van der Waals surface area (Å²) in [5, 5.41) is 15.5. The van der Waals surface area contributed by atoms with Gasteiger partial charge in [0.2, 0.25) is 0 Å². The van der Waals surface area contributed by atoms with Crippen molar-refractivity contribution in [2.75, 3.05) is 0 Å². The number of nitro benzene ring substituents is 1. The molecule has 160 valence electrons. The van der Waals surface area contributed by atoms with E-state index in [4.69, 9.17) is 4.74 Å². The van der Waals surface area contributed by atoms with Crippen LogP contribution in [-0.4, -0.2) is 17.0 Å². The number of ether oxygens (including phenoxy) is 1. The molecule has 0 saturated carbocycles. The van der Waals surface area contributed by atoms with Crippen LogP contribution in [0.3, 0.4) is 0 Å². The highest BCUT2D eigenvalue weighted by atomic mass is 32.1. The summed E-state index contributed by atoms with van der Waals surface area (Å²) < 4.78 is 19.9. The summed E-state index contributed by atoms with van der Waals surface area (Å²) in [6.45, 7) is 0.183. The first-order chi connectivity index (χ1) is 15.5. The Balaban J connectivity index is 1.43. The third-order valence-electron chi connectivity index (χ3n) is 4.51. The van der Waals surface area contributed by atoms with E-state index in [2.05, 4.69) is 10.5 Å². The molecule has 0 aliphatic carbocycles. The highest BCUT2D eigenvalue weighted by molar-refractivity contribution is 7.20. The van der Waals surface area contributed by atoms with E-state index in [1.807, 2.05) is 0 Å². The second-order valence-corrected chi connectivity index (χ2v) is 7.83. The van der Waals surface area contributed by atoms with Gasteiger partial charge in [0.15, 0.2) is 0 Å². The van der Waals surface area contributed by atoms with E-state index in [9.17, 15) is 19.3 Å². The zero-order chi connectivity index (χ0) is 22.5. The molecule has 1 aromatic heterocycles. The Morgan fingerprint density at radius 1 is 1.12 bits per heavy atom. The van der Waals surface area contributed by atoms with Crippen LogP contribution in [0.15, 0.2) is 77.9 Å². The molecule has 0 spiro atoms. The highest BCUT2D eigenvalue weighted by Gasteiger charge is 2.13. The lowest BCUT2D eigenvalue weighted by Crippen LogP contribution is -2.16. The van der Waals surface area contributed by atoms with E-state index in [1.165, 1.54) is 41.8 Å². The van der Waals surface area contributed by atoms with Crippen LogP contribution in [0.5, 0.6) is 5.75 Å². The molecule has 7 nitrogen and oxygen atoms in total. The van der Waals surface area contributed by atoms with Crippen molar-refractivity contribution in [1.82, 2.24) is 5.43 Å². The molecular weight excluding hydrogens is 433 g/mol. The number of rotatable bonds is 7. The van der Waals surface area contributed by atoms with Gasteiger partial charge in [0.25, 0.3) is 11.6 Å². The number of para-hydroxylation sites is 1. The highest BCUT2D eigenvalue weighted by Crippen LogP contribution is 2.29. The molecule has 0 atom stereocenters. The molecule has 0 fully saturated rings. The summed E-state index contributed by atoms with van der Waals surface area (Å²) in [4.78, 5) is 23.3. The number of halogens is 1. The van der Waals surface area contributed by atoms with Gasteiger partial charge in [-0.25, -0.2) is 9.82 Å². The molecule has 0 unspecified atom stereocenters. The maximum atomic E-state index is 13.3. The van der Waals surface area contributed by atoms with Crippen LogP contribution in [0.25, 0.3) is 10.1 Å². The number of amides is 1. The standard InChI is InChI=1S/C23H16FN3O4S/c24-18-6-3-4-15(10-18)14-31-20-7-2-1-5-16(20)13-25-26-23(28)22-12-17-11-19(27(29)30)8-9-21(17)32-22/h1-13H,14H2,(H,26,28)/b25-13-. The number of nitrogens with zero attached hydrogens (tertiary/aromatic N) is 2. The van der Waals surface area contributed by atoms with Gasteiger partial charge in [-0.3, -0.25) is 14.9 Å². The van der Waals surface area contributed by atoms with Crippen LogP contribution < -0.4 is 10.2 Å². The third kappa shape index (κ3) is 4.96. The smallest absolute Gasteiger partial charge is 0.281 e. The second kappa shape index (κ2) is 9.36. The second-order valence-electron chi connectivity index (χ2n) is 6.75. The Morgan fingerprint density at radius 3 is 2.78 bits per heavy atom. The topological polar surface area (TPSA) is 93.8 Å². The van der Waals surface area contributed by atoms with Crippen LogP contribution in [0.1, 0.15) is 20.8 Å². The molecule has 0 bridgehead atoms. The van der Waals surface area contributed by atoms with Gasteiger partial charge in [0.05, 0.1) is 16.0 Å². The van der Waals surface area contributed by atoms with Crippen LogP contribution in [-0.2, 0) is 6.61 Å². The van der Waals surface area contributed by atoms with Crippen molar-refractivity contribution in [3.8, 4) is 5.75 Å². The van der Waals surface area contributed by atoms with Crippen molar-refractivity contribution >= 4 is 39.2 Å². The molecule has 3 aromatic carbocycles. The first-order valence-electron chi connectivity index (χ1n) is 9.47. The Labute approximate surface area is 185 Å². The fraction of sp³-hybridized carbons (Fsp3) is 0.0435. The minimum Gasteiger partial charge on any atom is -0.488 e. The van der Waals surface area contributed by atoms with Gasteiger partial charge in [-0.05, 0) is 42.0 Å². The molecule has 32 heavy (non-hydrogen) atoms. The number of nitro groups is 1. The average Bonchev–Trinajstić information content (AvgIpc) is 3.22. The van der Waals surface area contributed by atoms with Gasteiger partial charge < -0.3 is 4.74 Å². The van der Waals surface area contributed by atoms with Crippen LogP contribution in [0.4, 0.5) is 10.1 Å². The van der Waals surface area contributed by atoms with Crippen molar-refractivity contribution in [2.24, 2.45) is 5.10 Å². The van der Waals surface area contributed by atoms with E-state index < -0.39 is 10.8 Å². The molecule has 1 amide bonds. The number of non-ortho nitro benzene ring substituents is 1. The summed E-state index contributed by atoms with van der Waals surface area (Å²) in [5.74, 6) is -0.230. The van der Waals surface area contributed by atoms with Gasteiger partial charge in [0, 0.05) is 27.8 Å². The van der Waals surface area contributed by atoms with E-state index in [0.717, 1.165) is 4.70 Å². The van der Waals surface area contributed by atoms with Crippen molar-refractivity contribution < 1.29 is 18.8 Å². The van der Waals surface area contributed by atoms with Crippen LogP contribution >= 0.6 is 11.3 Å². The van der Waals surface area contributed by atoms with E-state index >= 15 is 0 Å². The molecule has 1 N–H and O–H groups in total. The summed E-state index contributed by atoms with van der Waals surface area (Å²) in [6.07, 6.45) is 1.46. The third-order valence-corrected chi connectivity index (χ3v) is 5.62. The average molecular weight is 449 g/mol. The van der Waals surface area contributed by atoms with Gasteiger partial charge in [-0.1, -0.05) is 24.3 Å². The van der Waals surface area contributed by atoms with E-state index in [0.29, 0.717) is 27.1 Å². The molecule has 9 heteroatoms. The molecular formula is C23H16FN3O4S. The fourth-order valence-electron chi connectivity index (χ4n) is 2.98. The molecule has 4 rings (SSSR count). The maximum Gasteiger partial charge on any atom is 0.281 e. The molecule has 0 radical (unpaired) electrons. The fourth-order valence-corrected chi connectivity index (χ4v) is 3.91. The number of hydrazone groups is 1. The van der Waals surface area contributed by atoms with Crippen molar-refractivity contribution in [2.45, 2.75) is 6.61 Å². The first kappa shape index (κ1) is 21.1. The van der Waals surface area contributed by atoms with Gasteiger partial charge in [0.1, 0.15) is 18.2 Å². The molecule has 0 aliphatic heterocycles. The Morgan fingerprint density at radius 2 is 1.97 bits per heavy atom. The number of benzene rings is 3. The van der Waals surface area contributed by atoms with Crippen molar-refractivity contribution in [3.05, 3.63) is 105 Å². The SMILES string of the molecule is O=C(N/N=C\c1ccccc1OCc1cccc(F)c1)c1cc2cc([N+](=O)[O-])ccc2s1. The maximum absolute atomic E-state index is 13.3. The van der Waals surface area contributed by atoms with Crippen LogP contribution in [0.2, 0.25) is 0 Å². The lowest BCUT2D eigenvalue weighted by atomic mass is 10.2. The zero-order valence-electron chi connectivity index (χ0n) is 16.5. The van der Waals surface area contributed by atoms with Gasteiger partial charge in [-0.2, -0.15) is 5.10 Å².